The van der Waals surface area contributed by atoms with Gasteiger partial charge in [0.25, 0.3) is 0 Å². The molecule has 4 fully saturated rings. The summed E-state index contributed by atoms with van der Waals surface area (Å²) in [5.41, 5.74) is 0. The van der Waals surface area contributed by atoms with E-state index in [1.807, 2.05) is 0 Å². The van der Waals surface area contributed by atoms with Crippen LogP contribution in [0, 0.1) is 11.8 Å². The maximum atomic E-state index is 12.5. The molecule has 0 radical (unpaired) electrons. The second-order valence-electron chi connectivity index (χ2n) is 7.29. The molecule has 3 atom stereocenters. The molecule has 2 heterocycles. The number of amides is 1. The van der Waals surface area contributed by atoms with E-state index in [2.05, 4.69) is 15.5 Å². The highest BCUT2D eigenvalue weighted by molar-refractivity contribution is 5.82. The van der Waals surface area contributed by atoms with Crippen LogP contribution in [0.25, 0.3) is 0 Å². The second kappa shape index (κ2) is 5.30. The number of carbonyl (C=O) groups is 1. The van der Waals surface area contributed by atoms with Gasteiger partial charge in [-0.25, -0.2) is 0 Å². The minimum Gasteiger partial charge on any atom is -0.352 e. The van der Waals surface area contributed by atoms with Crippen molar-refractivity contribution in [1.82, 2.24) is 15.5 Å². The van der Waals surface area contributed by atoms with Crippen LogP contribution in [0.4, 0.5) is 0 Å². The third kappa shape index (κ3) is 2.48. The van der Waals surface area contributed by atoms with Crippen LogP contribution in [0.15, 0.2) is 0 Å². The third-order valence-electron chi connectivity index (χ3n) is 5.97. The Bertz CT molecular complexity index is 374. The summed E-state index contributed by atoms with van der Waals surface area (Å²) in [7, 11) is 0. The molecular formula is C16H27N3O. The Balaban J connectivity index is 1.27. The minimum atomic E-state index is 0.101. The lowest BCUT2D eigenvalue weighted by Gasteiger charge is -2.33. The topological polar surface area (TPSA) is 44.4 Å². The first kappa shape index (κ1) is 13.1. The zero-order valence-electron chi connectivity index (χ0n) is 12.3. The number of nitrogens with one attached hydrogen (secondary N) is 2. The van der Waals surface area contributed by atoms with Gasteiger partial charge in [-0.05, 0) is 56.9 Å². The first-order chi connectivity index (χ1) is 9.81. The zero-order chi connectivity index (χ0) is 13.5. The van der Waals surface area contributed by atoms with E-state index < -0.39 is 0 Å². The van der Waals surface area contributed by atoms with E-state index in [9.17, 15) is 4.79 Å². The number of hydrogen-bond acceptors (Lipinski definition) is 3. The summed E-state index contributed by atoms with van der Waals surface area (Å²) in [6.07, 6.45) is 8.96. The zero-order valence-corrected chi connectivity index (χ0v) is 12.3. The molecule has 2 aliphatic carbocycles. The lowest BCUT2D eigenvalue weighted by molar-refractivity contribution is -0.124. The third-order valence-corrected chi connectivity index (χ3v) is 5.97. The average Bonchev–Trinajstić information content (AvgIpc) is 3.06. The number of likely N-dealkylation sites (tertiary alicyclic amines) is 1. The van der Waals surface area contributed by atoms with Gasteiger partial charge in [-0.1, -0.05) is 6.42 Å². The summed E-state index contributed by atoms with van der Waals surface area (Å²) in [6, 6.07) is 1.39. The van der Waals surface area contributed by atoms with Gasteiger partial charge in [0.1, 0.15) is 0 Å². The first-order valence-electron chi connectivity index (χ1n) is 8.59. The average molecular weight is 277 g/mol. The van der Waals surface area contributed by atoms with Gasteiger partial charge in [0.15, 0.2) is 0 Å². The lowest BCUT2D eigenvalue weighted by Crippen LogP contribution is -2.51. The van der Waals surface area contributed by atoms with Crippen LogP contribution in [0.1, 0.15) is 44.9 Å². The van der Waals surface area contributed by atoms with Gasteiger partial charge in [-0.2, -0.15) is 0 Å². The van der Waals surface area contributed by atoms with Crippen molar-refractivity contribution < 1.29 is 4.79 Å². The van der Waals surface area contributed by atoms with Gasteiger partial charge in [-0.15, -0.1) is 0 Å². The Hall–Kier alpha value is -0.610. The fourth-order valence-electron chi connectivity index (χ4n) is 4.61. The van der Waals surface area contributed by atoms with E-state index in [0.29, 0.717) is 12.0 Å². The van der Waals surface area contributed by atoms with Crippen molar-refractivity contribution in [3.05, 3.63) is 0 Å². The molecule has 2 saturated carbocycles. The minimum absolute atomic E-state index is 0.101. The van der Waals surface area contributed by atoms with Crippen molar-refractivity contribution >= 4 is 5.91 Å². The molecule has 112 valence electrons. The fourth-order valence-corrected chi connectivity index (χ4v) is 4.61. The molecule has 2 N–H and O–H groups in total. The molecule has 4 aliphatic rings. The van der Waals surface area contributed by atoms with Crippen molar-refractivity contribution in [1.29, 1.82) is 0 Å². The molecule has 0 aromatic heterocycles. The van der Waals surface area contributed by atoms with E-state index in [-0.39, 0.29) is 11.9 Å². The standard InChI is InChI=1S/C16H27N3O/c20-16(15-14-3-1-2-11(14)10-17-15)18-12-6-8-19(9-7-12)13-4-5-13/h11-15,17H,1-10H2,(H,18,20). The van der Waals surface area contributed by atoms with E-state index in [1.165, 1.54) is 45.2 Å². The fraction of sp³-hybridized carbons (Fsp3) is 0.938. The van der Waals surface area contributed by atoms with Crippen LogP contribution >= 0.6 is 0 Å². The Morgan fingerprint density at radius 1 is 1.05 bits per heavy atom. The number of nitrogens with zero attached hydrogens (tertiary/aromatic N) is 1. The molecule has 0 bridgehead atoms. The van der Waals surface area contributed by atoms with Gasteiger partial charge >= 0.3 is 0 Å². The van der Waals surface area contributed by atoms with Crippen LogP contribution in [-0.4, -0.2) is 48.6 Å². The Morgan fingerprint density at radius 2 is 1.85 bits per heavy atom. The summed E-state index contributed by atoms with van der Waals surface area (Å²) >= 11 is 0. The Kier molecular flexibility index (Phi) is 3.47. The number of carbonyl (C=O) groups excluding carboxylic acids is 1. The number of piperidine rings is 1. The summed E-state index contributed by atoms with van der Waals surface area (Å²) in [5, 5.41) is 6.79. The van der Waals surface area contributed by atoms with Gasteiger partial charge in [0.2, 0.25) is 5.91 Å². The van der Waals surface area contributed by atoms with Crippen molar-refractivity contribution in [2.24, 2.45) is 11.8 Å². The van der Waals surface area contributed by atoms with Gasteiger partial charge in [0, 0.05) is 25.2 Å². The van der Waals surface area contributed by atoms with Crippen LogP contribution in [0.2, 0.25) is 0 Å². The maximum Gasteiger partial charge on any atom is 0.237 e. The molecule has 4 heteroatoms. The monoisotopic (exact) mass is 277 g/mol. The molecule has 2 saturated heterocycles. The molecule has 3 unspecified atom stereocenters. The summed E-state index contributed by atoms with van der Waals surface area (Å²) in [5.74, 6) is 1.66. The van der Waals surface area contributed by atoms with E-state index in [4.69, 9.17) is 0 Å². The van der Waals surface area contributed by atoms with Gasteiger partial charge in [-0.3, -0.25) is 4.79 Å². The molecule has 2 aliphatic heterocycles. The normalized spacial score (nSPS) is 38.9. The molecule has 4 rings (SSSR count). The van der Waals surface area contributed by atoms with Crippen LogP contribution in [-0.2, 0) is 4.79 Å². The van der Waals surface area contributed by atoms with Crippen molar-refractivity contribution in [2.75, 3.05) is 19.6 Å². The summed E-state index contributed by atoms with van der Waals surface area (Å²) in [4.78, 5) is 15.1. The molecule has 0 spiro atoms. The predicted molar refractivity (Wildman–Crippen MR) is 78.4 cm³/mol. The Morgan fingerprint density at radius 3 is 2.60 bits per heavy atom. The Labute approximate surface area is 121 Å². The molecule has 4 nitrogen and oxygen atoms in total. The van der Waals surface area contributed by atoms with Crippen LogP contribution in [0.3, 0.4) is 0 Å². The van der Waals surface area contributed by atoms with Crippen molar-refractivity contribution in [3.8, 4) is 0 Å². The number of rotatable bonds is 3. The molecule has 20 heavy (non-hydrogen) atoms. The highest BCUT2D eigenvalue weighted by atomic mass is 16.2. The van der Waals surface area contributed by atoms with Crippen LogP contribution < -0.4 is 10.6 Å². The number of fused-ring (bicyclic) bond motifs is 1. The lowest BCUT2D eigenvalue weighted by atomic mass is 9.93. The summed E-state index contributed by atoms with van der Waals surface area (Å²) < 4.78 is 0. The van der Waals surface area contributed by atoms with Crippen molar-refractivity contribution in [3.63, 3.8) is 0 Å². The van der Waals surface area contributed by atoms with E-state index in [0.717, 1.165) is 31.3 Å². The van der Waals surface area contributed by atoms with Gasteiger partial charge < -0.3 is 15.5 Å². The van der Waals surface area contributed by atoms with Crippen LogP contribution in [0.5, 0.6) is 0 Å². The quantitative estimate of drug-likeness (QED) is 0.812. The SMILES string of the molecule is O=C(NC1CCN(C2CC2)CC1)C1NCC2CCCC21. The number of hydrogen-bond donors (Lipinski definition) is 2. The van der Waals surface area contributed by atoms with Crippen molar-refractivity contribution in [2.45, 2.75) is 63.1 Å². The first-order valence-corrected chi connectivity index (χ1v) is 8.59. The molecule has 0 aromatic carbocycles. The molecular weight excluding hydrogens is 250 g/mol. The smallest absolute Gasteiger partial charge is 0.237 e. The van der Waals surface area contributed by atoms with E-state index in [1.54, 1.807) is 0 Å². The second-order valence-corrected chi connectivity index (χ2v) is 7.29. The maximum absolute atomic E-state index is 12.5. The molecule has 0 aromatic rings. The highest BCUT2D eigenvalue weighted by Crippen LogP contribution is 2.37. The highest BCUT2D eigenvalue weighted by Gasteiger charge is 2.43. The van der Waals surface area contributed by atoms with E-state index >= 15 is 0 Å². The summed E-state index contributed by atoms with van der Waals surface area (Å²) in [6.45, 7) is 3.42. The predicted octanol–water partition coefficient (Wildman–Crippen LogP) is 1.12. The molecule has 1 amide bonds. The van der Waals surface area contributed by atoms with Gasteiger partial charge in [0.05, 0.1) is 6.04 Å². The largest absolute Gasteiger partial charge is 0.352 e.